The minimum absolute atomic E-state index is 0.113. The van der Waals surface area contributed by atoms with Crippen molar-refractivity contribution in [2.75, 3.05) is 6.54 Å². The minimum Gasteiger partial charge on any atom is -0.330 e. The van der Waals surface area contributed by atoms with Gasteiger partial charge in [-0.25, -0.2) is 13.8 Å². The fourth-order valence-electron chi connectivity index (χ4n) is 2.47. The third-order valence-electron chi connectivity index (χ3n) is 3.71. The highest BCUT2D eigenvalue weighted by molar-refractivity contribution is 6.30. The Morgan fingerprint density at radius 3 is 2.44 bits per heavy atom. The van der Waals surface area contributed by atoms with Crippen molar-refractivity contribution in [2.24, 2.45) is 5.73 Å². The van der Waals surface area contributed by atoms with Crippen LogP contribution in [-0.2, 0) is 5.41 Å². The number of hydrogen-bond acceptors (Lipinski definition) is 2. The summed E-state index contributed by atoms with van der Waals surface area (Å²) in [5, 5.41) is 0.288. The van der Waals surface area contributed by atoms with E-state index >= 15 is 0 Å². The van der Waals surface area contributed by atoms with E-state index < -0.39 is 17.3 Å². The summed E-state index contributed by atoms with van der Waals surface area (Å²) in [6.45, 7) is 0.113. The number of halogens is 4. The number of hydrogen-bond donors (Lipinski definition) is 1. The first-order valence-electron chi connectivity index (χ1n) is 5.78. The first-order chi connectivity index (χ1) is 8.38. The van der Waals surface area contributed by atoms with Crippen molar-refractivity contribution in [2.45, 2.75) is 37.0 Å². The molecule has 1 fully saturated rings. The molecule has 0 atom stereocenters. The Hall–Kier alpha value is -0.810. The van der Waals surface area contributed by atoms with Gasteiger partial charge in [0.2, 0.25) is 11.9 Å². The molecule has 0 unspecified atom stereocenters. The molecule has 0 amide bonds. The molecule has 2 rings (SSSR count). The van der Waals surface area contributed by atoms with Gasteiger partial charge in [-0.1, -0.05) is 11.6 Å². The normalized spacial score (nSPS) is 21.8. The Balaban J connectivity index is 2.36. The molecule has 1 aliphatic rings. The van der Waals surface area contributed by atoms with Crippen molar-refractivity contribution in [3.63, 3.8) is 0 Å². The van der Waals surface area contributed by atoms with E-state index in [1.54, 1.807) is 0 Å². The van der Waals surface area contributed by atoms with E-state index in [1.807, 2.05) is 0 Å². The maximum atomic E-state index is 13.8. The van der Waals surface area contributed by atoms with Crippen molar-refractivity contribution in [3.05, 3.63) is 28.8 Å². The van der Waals surface area contributed by atoms with Gasteiger partial charge in [0.15, 0.2) is 0 Å². The van der Waals surface area contributed by atoms with Crippen LogP contribution < -0.4 is 5.73 Å². The van der Waals surface area contributed by atoms with Gasteiger partial charge >= 0.3 is 0 Å². The molecule has 18 heavy (non-hydrogen) atoms. The Kier molecular flexibility index (Phi) is 3.56. The number of nitrogens with two attached hydrogens (primary N) is 1. The van der Waals surface area contributed by atoms with Gasteiger partial charge in [-0.15, -0.1) is 0 Å². The molecular formula is C12H14ClF3N2. The summed E-state index contributed by atoms with van der Waals surface area (Å²) in [7, 11) is 0. The lowest BCUT2D eigenvalue weighted by molar-refractivity contribution is -0.0513. The van der Waals surface area contributed by atoms with Crippen molar-refractivity contribution in [1.82, 2.24) is 4.98 Å². The van der Waals surface area contributed by atoms with Crippen LogP contribution >= 0.6 is 11.6 Å². The summed E-state index contributed by atoms with van der Waals surface area (Å²) in [6.07, 6.45) is 0.930. The van der Waals surface area contributed by atoms with Crippen molar-refractivity contribution in [1.29, 1.82) is 0 Å². The molecule has 2 N–H and O–H groups in total. The van der Waals surface area contributed by atoms with Crippen LogP contribution in [-0.4, -0.2) is 17.5 Å². The topological polar surface area (TPSA) is 38.9 Å². The fourth-order valence-corrected chi connectivity index (χ4v) is 2.63. The summed E-state index contributed by atoms with van der Waals surface area (Å²) in [6, 6.07) is 1.44. The average Bonchev–Trinajstić information content (AvgIpc) is 2.33. The molecule has 0 aromatic carbocycles. The lowest BCUT2D eigenvalue weighted by atomic mass is 9.69. The van der Waals surface area contributed by atoms with Crippen LogP contribution in [0.15, 0.2) is 12.3 Å². The van der Waals surface area contributed by atoms with E-state index in [2.05, 4.69) is 4.98 Å². The monoisotopic (exact) mass is 278 g/mol. The van der Waals surface area contributed by atoms with Crippen molar-refractivity contribution in [3.8, 4) is 0 Å². The van der Waals surface area contributed by atoms with Gasteiger partial charge in [0, 0.05) is 36.6 Å². The number of rotatable bonds is 2. The molecule has 0 spiro atoms. The van der Waals surface area contributed by atoms with Gasteiger partial charge in [-0.2, -0.15) is 4.39 Å². The maximum absolute atomic E-state index is 13.8. The summed E-state index contributed by atoms with van der Waals surface area (Å²) < 4.78 is 40.2. The Morgan fingerprint density at radius 2 is 1.89 bits per heavy atom. The molecule has 0 radical (unpaired) electrons. The van der Waals surface area contributed by atoms with Gasteiger partial charge in [-0.05, 0) is 18.9 Å². The molecule has 2 nitrogen and oxygen atoms in total. The molecule has 1 aliphatic carbocycles. The maximum Gasteiger partial charge on any atom is 0.248 e. The number of pyridine rings is 1. The van der Waals surface area contributed by atoms with Crippen LogP contribution in [0.4, 0.5) is 13.2 Å². The Labute approximate surface area is 108 Å². The second kappa shape index (κ2) is 4.70. The third kappa shape index (κ3) is 2.47. The van der Waals surface area contributed by atoms with E-state index in [4.69, 9.17) is 17.3 Å². The molecule has 1 aromatic rings. The predicted octanol–water partition coefficient (Wildman–Crippen LogP) is 3.28. The van der Waals surface area contributed by atoms with Crippen LogP contribution in [0.1, 0.15) is 31.2 Å². The first kappa shape index (κ1) is 13.6. The summed E-state index contributed by atoms with van der Waals surface area (Å²) in [4.78, 5) is 3.54. The van der Waals surface area contributed by atoms with E-state index in [9.17, 15) is 13.2 Å². The summed E-state index contributed by atoms with van der Waals surface area (Å²) in [5.41, 5.74) is 5.18. The zero-order chi connectivity index (χ0) is 13.4. The van der Waals surface area contributed by atoms with Crippen LogP contribution in [0.25, 0.3) is 0 Å². The summed E-state index contributed by atoms with van der Waals surface area (Å²) >= 11 is 5.79. The molecule has 6 heteroatoms. The smallest absolute Gasteiger partial charge is 0.248 e. The molecule has 0 aliphatic heterocycles. The first-order valence-corrected chi connectivity index (χ1v) is 6.16. The van der Waals surface area contributed by atoms with E-state index in [0.717, 1.165) is 0 Å². The van der Waals surface area contributed by atoms with Gasteiger partial charge < -0.3 is 5.73 Å². The van der Waals surface area contributed by atoms with Crippen LogP contribution in [0.3, 0.4) is 0 Å². The van der Waals surface area contributed by atoms with Crippen LogP contribution in [0.2, 0.25) is 5.02 Å². The zero-order valence-electron chi connectivity index (χ0n) is 9.73. The number of aromatic nitrogens is 1. The largest absolute Gasteiger partial charge is 0.330 e. The van der Waals surface area contributed by atoms with Crippen LogP contribution in [0, 0.1) is 5.95 Å². The molecule has 0 saturated heterocycles. The van der Waals surface area contributed by atoms with Gasteiger partial charge in [-0.3, -0.25) is 0 Å². The highest BCUT2D eigenvalue weighted by Gasteiger charge is 2.45. The number of alkyl halides is 2. The highest BCUT2D eigenvalue weighted by Crippen LogP contribution is 2.45. The number of nitrogens with zero attached hydrogens (tertiary/aromatic N) is 1. The van der Waals surface area contributed by atoms with E-state index in [-0.39, 0.29) is 42.8 Å². The second-order valence-corrected chi connectivity index (χ2v) is 5.27. The quantitative estimate of drug-likeness (QED) is 0.843. The molecule has 100 valence electrons. The Morgan fingerprint density at radius 1 is 1.28 bits per heavy atom. The Bertz CT molecular complexity index is 441. The van der Waals surface area contributed by atoms with Gasteiger partial charge in [0.1, 0.15) is 0 Å². The van der Waals surface area contributed by atoms with Crippen LogP contribution in [0.5, 0.6) is 0 Å². The third-order valence-corrected chi connectivity index (χ3v) is 3.91. The average molecular weight is 279 g/mol. The molecule has 1 heterocycles. The predicted molar refractivity (Wildman–Crippen MR) is 63.4 cm³/mol. The van der Waals surface area contributed by atoms with E-state index in [1.165, 1.54) is 12.3 Å². The highest BCUT2D eigenvalue weighted by atomic mass is 35.5. The zero-order valence-corrected chi connectivity index (χ0v) is 10.5. The van der Waals surface area contributed by atoms with Crippen molar-refractivity contribution >= 4 is 11.6 Å². The lowest BCUT2D eigenvalue weighted by Gasteiger charge is -2.39. The minimum atomic E-state index is -2.68. The SMILES string of the molecule is NCC1(c2cc(Cl)cnc2F)CCC(F)(F)CC1. The second-order valence-electron chi connectivity index (χ2n) is 4.83. The molecular weight excluding hydrogens is 265 g/mol. The molecule has 1 saturated carbocycles. The summed E-state index contributed by atoms with van der Waals surface area (Å²) in [5.74, 6) is -3.35. The van der Waals surface area contributed by atoms with Gasteiger partial charge in [0.05, 0.1) is 5.02 Å². The van der Waals surface area contributed by atoms with Gasteiger partial charge in [0.25, 0.3) is 0 Å². The fraction of sp³-hybridized carbons (Fsp3) is 0.583. The molecule has 1 aromatic heterocycles. The molecule has 0 bridgehead atoms. The standard InChI is InChI=1S/C12H14ClF3N2/c13-8-5-9(10(14)18-6-8)11(7-17)1-3-12(15,16)4-2-11/h5-6H,1-4,7,17H2. The van der Waals surface area contributed by atoms with E-state index in [0.29, 0.717) is 0 Å². The lowest BCUT2D eigenvalue weighted by Crippen LogP contribution is -2.42. The van der Waals surface area contributed by atoms with Crippen molar-refractivity contribution < 1.29 is 13.2 Å².